The molecule has 0 spiro atoms. The maximum atomic E-state index is 12.2. The maximum absolute atomic E-state index is 12.2. The van der Waals surface area contributed by atoms with Gasteiger partial charge in [0.15, 0.2) is 0 Å². The quantitative estimate of drug-likeness (QED) is 0.730. The molecule has 0 amide bonds. The summed E-state index contributed by atoms with van der Waals surface area (Å²) in [7, 11) is 0. The minimum Gasteiger partial charge on any atom is -0.243 e. The molecule has 3 nitrogen and oxygen atoms in total. The summed E-state index contributed by atoms with van der Waals surface area (Å²) in [5, 5.41) is 7.49. The maximum Gasteiger partial charge on any atom is 0.257 e. The monoisotopic (exact) mass is 221 g/mol. The zero-order valence-corrected chi connectivity index (χ0v) is 8.21. The summed E-state index contributed by atoms with van der Waals surface area (Å²) in [6.45, 7) is -0.379. The van der Waals surface area contributed by atoms with Crippen molar-refractivity contribution < 1.29 is 8.78 Å². The molecule has 0 atom stereocenters. The fourth-order valence-corrected chi connectivity index (χ4v) is 1.71. The van der Waals surface area contributed by atoms with Gasteiger partial charge in [0.25, 0.3) is 6.43 Å². The summed E-state index contributed by atoms with van der Waals surface area (Å²) in [5.74, 6) is 0.590. The van der Waals surface area contributed by atoms with Gasteiger partial charge in [-0.1, -0.05) is 5.21 Å². The van der Waals surface area contributed by atoms with Gasteiger partial charge >= 0.3 is 0 Å². The van der Waals surface area contributed by atoms with Gasteiger partial charge in [-0.25, -0.2) is 13.5 Å². The Bertz CT molecular complexity index is 322. The number of aromatic nitrogens is 3. The van der Waals surface area contributed by atoms with Gasteiger partial charge in [-0.15, -0.1) is 16.7 Å². The predicted octanol–water partition coefficient (Wildman–Crippen LogP) is 2.16. The molecule has 1 heterocycles. The van der Waals surface area contributed by atoms with Gasteiger partial charge in [-0.05, 0) is 12.8 Å². The third-order valence-corrected chi connectivity index (χ3v) is 2.50. The fraction of sp³-hybridized carbons (Fsp3) is 0.750. The zero-order chi connectivity index (χ0) is 10.1. The third-order valence-electron chi connectivity index (χ3n) is 2.25. The first-order valence-corrected chi connectivity index (χ1v) is 5.02. The minimum absolute atomic E-state index is 0.245. The zero-order valence-electron chi connectivity index (χ0n) is 7.46. The first-order valence-electron chi connectivity index (χ1n) is 4.48. The van der Waals surface area contributed by atoms with E-state index in [0.717, 1.165) is 18.5 Å². The summed E-state index contributed by atoms with van der Waals surface area (Å²) in [4.78, 5) is 0. The number of hydrogen-bond donors (Lipinski definition) is 0. The molecule has 6 heteroatoms. The first-order chi connectivity index (χ1) is 6.72. The van der Waals surface area contributed by atoms with E-state index in [9.17, 15) is 8.78 Å². The molecule has 1 aliphatic rings. The standard InChI is InChI=1S/C8H10ClF2N3/c9-3-6-8(5-1-2-5)14(13-12-6)4-7(10)11/h5,7H,1-4H2. The van der Waals surface area contributed by atoms with Crippen molar-refractivity contribution in [3.05, 3.63) is 11.4 Å². The van der Waals surface area contributed by atoms with Gasteiger partial charge in [0.2, 0.25) is 0 Å². The average Bonchev–Trinajstić information content (AvgIpc) is 2.88. The Kier molecular flexibility index (Phi) is 2.67. The van der Waals surface area contributed by atoms with Gasteiger partial charge in [0, 0.05) is 5.92 Å². The normalized spacial score (nSPS) is 16.6. The topological polar surface area (TPSA) is 30.7 Å². The van der Waals surface area contributed by atoms with Crippen LogP contribution in [-0.2, 0) is 12.4 Å². The van der Waals surface area contributed by atoms with E-state index >= 15 is 0 Å². The fourth-order valence-electron chi connectivity index (χ4n) is 1.52. The van der Waals surface area contributed by atoms with Crippen LogP contribution in [0, 0.1) is 0 Å². The highest BCUT2D eigenvalue weighted by atomic mass is 35.5. The Morgan fingerprint density at radius 1 is 1.50 bits per heavy atom. The molecule has 14 heavy (non-hydrogen) atoms. The molecule has 0 bridgehead atoms. The Balaban J connectivity index is 2.25. The molecule has 1 saturated carbocycles. The Hall–Kier alpha value is -0.710. The predicted molar refractivity (Wildman–Crippen MR) is 47.6 cm³/mol. The Morgan fingerprint density at radius 3 is 2.71 bits per heavy atom. The van der Waals surface area contributed by atoms with Crippen LogP contribution in [0.25, 0.3) is 0 Å². The molecule has 0 N–H and O–H groups in total. The number of hydrogen-bond acceptors (Lipinski definition) is 2. The highest BCUT2D eigenvalue weighted by Crippen LogP contribution is 2.41. The van der Waals surface area contributed by atoms with E-state index in [1.165, 1.54) is 4.68 Å². The number of rotatable bonds is 4. The van der Waals surface area contributed by atoms with E-state index in [4.69, 9.17) is 11.6 Å². The Morgan fingerprint density at radius 2 is 2.21 bits per heavy atom. The molecule has 0 aromatic carbocycles. The van der Waals surface area contributed by atoms with E-state index in [-0.39, 0.29) is 12.4 Å². The Labute approximate surface area is 85.0 Å². The van der Waals surface area contributed by atoms with Crippen molar-refractivity contribution in [1.82, 2.24) is 15.0 Å². The van der Waals surface area contributed by atoms with E-state index in [1.807, 2.05) is 0 Å². The lowest BCUT2D eigenvalue weighted by molar-refractivity contribution is 0.119. The van der Waals surface area contributed by atoms with E-state index < -0.39 is 6.43 Å². The molecule has 1 aromatic rings. The highest BCUT2D eigenvalue weighted by Gasteiger charge is 2.31. The number of nitrogens with zero attached hydrogens (tertiary/aromatic N) is 3. The van der Waals surface area contributed by atoms with Crippen LogP contribution in [-0.4, -0.2) is 21.4 Å². The van der Waals surface area contributed by atoms with Gasteiger partial charge in [0.05, 0.1) is 11.6 Å². The molecule has 0 aliphatic heterocycles. The first kappa shape index (κ1) is 9.83. The SMILES string of the molecule is FC(F)Cn1nnc(CCl)c1C1CC1. The van der Waals surface area contributed by atoms with Crippen LogP contribution >= 0.6 is 11.6 Å². The molecule has 1 fully saturated rings. The molecule has 0 unspecified atom stereocenters. The number of halogens is 3. The summed E-state index contributed by atoms with van der Waals surface area (Å²) in [5.41, 5.74) is 1.45. The van der Waals surface area contributed by atoms with Crippen molar-refractivity contribution >= 4 is 11.6 Å². The van der Waals surface area contributed by atoms with Crippen molar-refractivity contribution in [1.29, 1.82) is 0 Å². The van der Waals surface area contributed by atoms with E-state index in [1.54, 1.807) is 0 Å². The summed E-state index contributed by atoms with van der Waals surface area (Å²) >= 11 is 5.65. The van der Waals surface area contributed by atoms with Crippen LogP contribution in [0.2, 0.25) is 0 Å². The lowest BCUT2D eigenvalue weighted by Gasteiger charge is -2.04. The van der Waals surface area contributed by atoms with Crippen LogP contribution in [0.4, 0.5) is 8.78 Å². The molecule has 0 saturated heterocycles. The van der Waals surface area contributed by atoms with Crippen LogP contribution < -0.4 is 0 Å². The van der Waals surface area contributed by atoms with Crippen LogP contribution in [0.3, 0.4) is 0 Å². The van der Waals surface area contributed by atoms with Crippen LogP contribution in [0.1, 0.15) is 30.1 Å². The summed E-state index contributed by atoms with van der Waals surface area (Å²) < 4.78 is 25.6. The van der Waals surface area contributed by atoms with Crippen molar-refractivity contribution in [2.75, 3.05) is 0 Å². The van der Waals surface area contributed by atoms with Crippen molar-refractivity contribution in [2.45, 2.75) is 37.6 Å². The van der Waals surface area contributed by atoms with Crippen molar-refractivity contribution in [3.8, 4) is 0 Å². The van der Waals surface area contributed by atoms with E-state index in [0.29, 0.717) is 11.6 Å². The van der Waals surface area contributed by atoms with E-state index in [2.05, 4.69) is 10.3 Å². The molecule has 2 rings (SSSR count). The third kappa shape index (κ3) is 1.87. The molecule has 0 radical (unpaired) electrons. The molecule has 1 aliphatic carbocycles. The van der Waals surface area contributed by atoms with Crippen LogP contribution in [0.5, 0.6) is 0 Å². The average molecular weight is 222 g/mol. The van der Waals surface area contributed by atoms with Gasteiger partial charge < -0.3 is 0 Å². The smallest absolute Gasteiger partial charge is 0.243 e. The van der Waals surface area contributed by atoms with Gasteiger partial charge in [-0.3, -0.25) is 0 Å². The van der Waals surface area contributed by atoms with Crippen molar-refractivity contribution in [3.63, 3.8) is 0 Å². The molecular formula is C8H10ClF2N3. The van der Waals surface area contributed by atoms with Crippen LogP contribution in [0.15, 0.2) is 0 Å². The lowest BCUT2D eigenvalue weighted by atomic mass is 10.2. The number of alkyl halides is 3. The molecular weight excluding hydrogens is 212 g/mol. The molecule has 78 valence electrons. The largest absolute Gasteiger partial charge is 0.257 e. The van der Waals surface area contributed by atoms with Crippen molar-refractivity contribution in [2.24, 2.45) is 0 Å². The second kappa shape index (κ2) is 3.81. The lowest BCUT2D eigenvalue weighted by Crippen LogP contribution is -2.11. The highest BCUT2D eigenvalue weighted by molar-refractivity contribution is 6.16. The van der Waals surface area contributed by atoms with Gasteiger partial charge in [-0.2, -0.15) is 0 Å². The second-order valence-corrected chi connectivity index (χ2v) is 3.67. The van der Waals surface area contributed by atoms with Gasteiger partial charge in [0.1, 0.15) is 12.2 Å². The summed E-state index contributed by atoms with van der Waals surface area (Å²) in [6.07, 6.45) is -0.335. The minimum atomic E-state index is -2.39. The summed E-state index contributed by atoms with van der Waals surface area (Å²) in [6, 6.07) is 0. The molecule has 1 aromatic heterocycles. The second-order valence-electron chi connectivity index (χ2n) is 3.40.